The van der Waals surface area contributed by atoms with Gasteiger partial charge in [0.2, 0.25) is 5.91 Å². The van der Waals surface area contributed by atoms with Gasteiger partial charge in [-0.3, -0.25) is 14.5 Å². The fourth-order valence-electron chi connectivity index (χ4n) is 6.22. The summed E-state index contributed by atoms with van der Waals surface area (Å²) in [5.74, 6) is -0.622. The highest BCUT2D eigenvalue weighted by molar-refractivity contribution is 5.79. The molecule has 3 atom stereocenters. The molecule has 9 heteroatoms. The molecule has 9 nitrogen and oxygen atoms in total. The van der Waals surface area contributed by atoms with Gasteiger partial charge in [0.15, 0.2) is 6.29 Å². The van der Waals surface area contributed by atoms with E-state index in [1.165, 1.54) is 0 Å². The van der Waals surface area contributed by atoms with Crippen LogP contribution in [0.5, 0.6) is 5.75 Å². The molecule has 0 aliphatic carbocycles. The molecule has 2 saturated heterocycles. The lowest BCUT2D eigenvalue weighted by molar-refractivity contribution is -0.144. The Morgan fingerprint density at radius 2 is 1.77 bits per heavy atom. The lowest BCUT2D eigenvalue weighted by Gasteiger charge is -2.30. The standard InChI is InChI=1S/C30H47N3O6/c1-4-5-14-32(15-7-6-13-31(2)3)27(34)21-33-20-24(22-8-10-26-23(19-22)12-16-37-26)29(30(35)36)25(33)9-11-28-38-17-18-39-28/h8,10,19,24-25,28-29H,4-7,9,11-18,20-21H2,1-3H3,(H,35,36)/t24-,25+,29?/m1/s1. The number of carboxylic acid groups (broad SMARTS) is 1. The Hall–Kier alpha value is -2.20. The average Bonchev–Trinajstić information content (AvgIpc) is 3.66. The molecule has 1 N–H and O–H groups in total. The van der Waals surface area contributed by atoms with E-state index in [4.69, 9.17) is 14.2 Å². The molecule has 0 radical (unpaired) electrons. The number of aliphatic carboxylic acids is 1. The molecule has 0 saturated carbocycles. The van der Waals surface area contributed by atoms with Crippen molar-refractivity contribution in [2.75, 3.05) is 66.6 Å². The van der Waals surface area contributed by atoms with Gasteiger partial charge in [-0.05, 0) is 69.9 Å². The van der Waals surface area contributed by atoms with E-state index < -0.39 is 11.9 Å². The molecule has 2 fully saturated rings. The third-order valence-corrected chi connectivity index (χ3v) is 8.32. The number of likely N-dealkylation sites (tertiary alicyclic amines) is 1. The van der Waals surface area contributed by atoms with Crippen molar-refractivity contribution >= 4 is 11.9 Å². The van der Waals surface area contributed by atoms with Gasteiger partial charge in [0, 0.05) is 38.0 Å². The number of hydrogen-bond donors (Lipinski definition) is 1. The number of hydrogen-bond acceptors (Lipinski definition) is 7. The van der Waals surface area contributed by atoms with Crippen LogP contribution in [0.2, 0.25) is 0 Å². The van der Waals surface area contributed by atoms with Crippen molar-refractivity contribution in [1.29, 1.82) is 0 Å². The summed E-state index contributed by atoms with van der Waals surface area (Å²) < 4.78 is 17.0. The van der Waals surface area contributed by atoms with Gasteiger partial charge in [-0.2, -0.15) is 0 Å². The summed E-state index contributed by atoms with van der Waals surface area (Å²) in [5, 5.41) is 10.5. The molecule has 0 bridgehead atoms. The second-order valence-corrected chi connectivity index (χ2v) is 11.4. The number of ether oxygens (including phenoxy) is 3. The van der Waals surface area contributed by atoms with E-state index in [0.717, 1.165) is 68.6 Å². The van der Waals surface area contributed by atoms with Gasteiger partial charge in [-0.25, -0.2) is 0 Å². The maximum absolute atomic E-state index is 13.7. The molecule has 3 aliphatic heterocycles. The monoisotopic (exact) mass is 545 g/mol. The molecular weight excluding hydrogens is 498 g/mol. The highest BCUT2D eigenvalue weighted by Crippen LogP contribution is 2.41. The minimum atomic E-state index is -0.809. The van der Waals surface area contributed by atoms with Crippen molar-refractivity contribution in [1.82, 2.24) is 14.7 Å². The topological polar surface area (TPSA) is 91.8 Å². The molecule has 0 aromatic heterocycles. The number of fused-ring (bicyclic) bond motifs is 1. The van der Waals surface area contributed by atoms with Crippen molar-refractivity contribution in [2.24, 2.45) is 5.92 Å². The van der Waals surface area contributed by atoms with Crippen LogP contribution in [0.15, 0.2) is 18.2 Å². The number of carbonyl (C=O) groups is 2. The molecule has 39 heavy (non-hydrogen) atoms. The second kappa shape index (κ2) is 14.4. The predicted molar refractivity (Wildman–Crippen MR) is 149 cm³/mol. The summed E-state index contributed by atoms with van der Waals surface area (Å²) in [6, 6.07) is 5.83. The molecule has 3 aliphatic rings. The Morgan fingerprint density at radius 1 is 1.03 bits per heavy atom. The smallest absolute Gasteiger partial charge is 0.308 e. The van der Waals surface area contributed by atoms with E-state index in [1.807, 2.05) is 17.0 Å². The fourth-order valence-corrected chi connectivity index (χ4v) is 6.22. The molecule has 1 unspecified atom stereocenters. The normalized spacial score (nSPS) is 23.3. The van der Waals surface area contributed by atoms with E-state index in [1.54, 1.807) is 0 Å². The lowest BCUT2D eigenvalue weighted by atomic mass is 9.83. The summed E-state index contributed by atoms with van der Waals surface area (Å²) in [6.45, 7) is 7.22. The molecule has 0 spiro atoms. The number of carboxylic acids is 1. The highest BCUT2D eigenvalue weighted by Gasteiger charge is 2.47. The number of carbonyl (C=O) groups excluding carboxylic acids is 1. The van der Waals surface area contributed by atoms with E-state index in [2.05, 4.69) is 36.9 Å². The van der Waals surface area contributed by atoms with Crippen LogP contribution in [0.3, 0.4) is 0 Å². The first-order valence-corrected chi connectivity index (χ1v) is 14.8. The lowest BCUT2D eigenvalue weighted by Crippen LogP contribution is -2.45. The first kappa shape index (κ1) is 29.8. The van der Waals surface area contributed by atoms with Crippen molar-refractivity contribution in [3.8, 4) is 5.75 Å². The van der Waals surface area contributed by atoms with Crippen LogP contribution in [0.1, 0.15) is 62.5 Å². The SMILES string of the molecule is CCCCN(CCCCN(C)C)C(=O)CN1C[C@H](c2ccc3c(c2)CCO3)C(C(=O)O)[C@@H]1CCC1OCCO1. The van der Waals surface area contributed by atoms with Crippen molar-refractivity contribution in [3.63, 3.8) is 0 Å². The van der Waals surface area contributed by atoms with E-state index in [-0.39, 0.29) is 30.7 Å². The second-order valence-electron chi connectivity index (χ2n) is 11.4. The van der Waals surface area contributed by atoms with Gasteiger partial charge in [0.1, 0.15) is 5.75 Å². The molecule has 1 aromatic carbocycles. The molecule has 1 aromatic rings. The van der Waals surface area contributed by atoms with Gasteiger partial charge in [-0.1, -0.05) is 25.5 Å². The molecule has 3 heterocycles. The van der Waals surface area contributed by atoms with Gasteiger partial charge in [-0.15, -0.1) is 0 Å². The fraction of sp³-hybridized carbons (Fsp3) is 0.733. The van der Waals surface area contributed by atoms with Crippen molar-refractivity contribution < 1.29 is 28.9 Å². The first-order chi connectivity index (χ1) is 18.9. The molecular formula is C30H47N3O6. The third-order valence-electron chi connectivity index (χ3n) is 8.32. The zero-order valence-electron chi connectivity index (χ0n) is 24.0. The number of amides is 1. The van der Waals surface area contributed by atoms with Gasteiger partial charge >= 0.3 is 5.97 Å². The van der Waals surface area contributed by atoms with E-state index >= 15 is 0 Å². The average molecular weight is 546 g/mol. The Labute approximate surface area is 233 Å². The predicted octanol–water partition coefficient (Wildman–Crippen LogP) is 3.21. The van der Waals surface area contributed by atoms with Crippen LogP contribution in [-0.4, -0.2) is 111 Å². The number of rotatable bonds is 15. The van der Waals surface area contributed by atoms with Crippen LogP contribution in [-0.2, 0) is 25.5 Å². The zero-order chi connectivity index (χ0) is 27.8. The minimum absolute atomic E-state index is 0.0961. The maximum Gasteiger partial charge on any atom is 0.308 e. The zero-order valence-corrected chi connectivity index (χ0v) is 24.0. The minimum Gasteiger partial charge on any atom is -0.493 e. The Kier molecular flexibility index (Phi) is 11.0. The number of benzene rings is 1. The molecule has 218 valence electrons. The van der Waals surface area contributed by atoms with Crippen molar-refractivity contribution in [3.05, 3.63) is 29.3 Å². The Morgan fingerprint density at radius 3 is 2.49 bits per heavy atom. The number of unbranched alkanes of at least 4 members (excludes halogenated alkanes) is 2. The number of nitrogens with zero attached hydrogens (tertiary/aromatic N) is 3. The summed E-state index contributed by atoms with van der Waals surface area (Å²) in [6.07, 6.45) is 5.77. The maximum atomic E-state index is 13.7. The summed E-state index contributed by atoms with van der Waals surface area (Å²) in [4.78, 5) is 32.7. The summed E-state index contributed by atoms with van der Waals surface area (Å²) in [5.41, 5.74) is 2.16. The van der Waals surface area contributed by atoms with Gasteiger partial charge in [0.05, 0.1) is 32.3 Å². The Balaban J connectivity index is 1.51. The van der Waals surface area contributed by atoms with Crippen LogP contribution >= 0.6 is 0 Å². The Bertz CT molecular complexity index is 951. The van der Waals surface area contributed by atoms with E-state index in [9.17, 15) is 14.7 Å². The highest BCUT2D eigenvalue weighted by atomic mass is 16.7. The largest absolute Gasteiger partial charge is 0.493 e. The van der Waals surface area contributed by atoms with Crippen LogP contribution < -0.4 is 4.74 Å². The van der Waals surface area contributed by atoms with Gasteiger partial charge in [0.25, 0.3) is 0 Å². The molecule has 4 rings (SSSR count). The van der Waals surface area contributed by atoms with Gasteiger partial charge < -0.3 is 29.1 Å². The van der Waals surface area contributed by atoms with E-state index in [0.29, 0.717) is 39.2 Å². The quantitative estimate of drug-likeness (QED) is 0.336. The summed E-state index contributed by atoms with van der Waals surface area (Å²) in [7, 11) is 4.14. The first-order valence-electron chi connectivity index (χ1n) is 14.8. The third kappa shape index (κ3) is 7.93. The van der Waals surface area contributed by atoms with Crippen LogP contribution in [0, 0.1) is 5.92 Å². The van der Waals surface area contributed by atoms with Crippen LogP contribution in [0.4, 0.5) is 0 Å². The molecule has 1 amide bonds. The van der Waals surface area contributed by atoms with Crippen molar-refractivity contribution in [2.45, 2.75) is 70.1 Å². The van der Waals surface area contributed by atoms with Crippen LogP contribution in [0.25, 0.3) is 0 Å². The summed E-state index contributed by atoms with van der Waals surface area (Å²) >= 11 is 0.